The Morgan fingerprint density at radius 2 is 1.82 bits per heavy atom. The minimum Gasteiger partial charge on any atom is -0.393 e. The average molecular weight is 253 g/mol. The number of aliphatic hydroxyl groups excluding tert-OH is 1. The summed E-state index contributed by atoms with van der Waals surface area (Å²) in [5.74, 6) is -1.10. The summed E-state index contributed by atoms with van der Waals surface area (Å²) in [5, 5.41) is 9.07. The minimum atomic E-state index is -4.02. The molecule has 0 aromatic rings. The van der Waals surface area contributed by atoms with E-state index in [0.29, 0.717) is 13.1 Å². The maximum absolute atomic E-state index is 12.4. The molecule has 1 saturated heterocycles. The second-order valence-electron chi connectivity index (χ2n) is 5.00. The average Bonchev–Trinajstić information content (AvgIpc) is 2.23. The summed E-state index contributed by atoms with van der Waals surface area (Å²) in [5.41, 5.74) is 0. The van der Waals surface area contributed by atoms with Crippen LogP contribution in [0.4, 0.5) is 13.2 Å². The van der Waals surface area contributed by atoms with Gasteiger partial charge in [-0.05, 0) is 58.7 Å². The summed E-state index contributed by atoms with van der Waals surface area (Å²) in [6.45, 7) is 3.73. The van der Waals surface area contributed by atoms with Crippen molar-refractivity contribution in [3.63, 3.8) is 0 Å². The zero-order valence-corrected chi connectivity index (χ0v) is 10.3. The van der Waals surface area contributed by atoms with Crippen molar-refractivity contribution in [2.24, 2.45) is 5.92 Å². The Bertz CT molecular complexity index is 210. The highest BCUT2D eigenvalue weighted by Crippen LogP contribution is 2.34. The number of unbranched alkanes of at least 4 members (excludes halogenated alkanes) is 1. The molecule has 1 rings (SSSR count). The van der Waals surface area contributed by atoms with E-state index in [1.54, 1.807) is 6.92 Å². The molecule has 1 aliphatic rings. The number of aliphatic hydroxyl groups is 1. The normalized spacial score (nSPS) is 21.7. The summed E-state index contributed by atoms with van der Waals surface area (Å²) in [4.78, 5) is 2.10. The van der Waals surface area contributed by atoms with E-state index in [2.05, 4.69) is 4.90 Å². The van der Waals surface area contributed by atoms with Gasteiger partial charge in [-0.25, -0.2) is 0 Å². The van der Waals surface area contributed by atoms with Crippen LogP contribution in [-0.4, -0.2) is 41.9 Å². The van der Waals surface area contributed by atoms with Gasteiger partial charge in [-0.1, -0.05) is 0 Å². The maximum atomic E-state index is 12.4. The van der Waals surface area contributed by atoms with Gasteiger partial charge in [-0.2, -0.15) is 13.2 Å². The molecule has 102 valence electrons. The summed E-state index contributed by atoms with van der Waals surface area (Å²) in [7, 11) is 0. The van der Waals surface area contributed by atoms with Gasteiger partial charge in [0.2, 0.25) is 0 Å². The molecule has 1 N–H and O–H groups in total. The minimum absolute atomic E-state index is 0.236. The number of halogens is 3. The Kier molecular flexibility index (Phi) is 5.73. The van der Waals surface area contributed by atoms with E-state index in [0.717, 1.165) is 25.8 Å². The molecule has 0 aliphatic carbocycles. The third kappa shape index (κ3) is 5.73. The topological polar surface area (TPSA) is 23.5 Å². The van der Waals surface area contributed by atoms with Gasteiger partial charge in [-0.15, -0.1) is 0 Å². The highest BCUT2D eigenvalue weighted by Gasteiger charge is 2.40. The first-order valence-corrected chi connectivity index (χ1v) is 6.36. The molecule has 0 radical (unpaired) electrons. The van der Waals surface area contributed by atoms with Crippen molar-refractivity contribution in [1.29, 1.82) is 0 Å². The number of piperidine rings is 1. The molecule has 0 bridgehead atoms. The predicted octanol–water partition coefficient (Wildman–Crippen LogP) is 2.81. The zero-order valence-electron chi connectivity index (χ0n) is 10.3. The van der Waals surface area contributed by atoms with Crippen LogP contribution < -0.4 is 0 Å². The van der Waals surface area contributed by atoms with Crippen molar-refractivity contribution in [1.82, 2.24) is 4.90 Å². The van der Waals surface area contributed by atoms with Crippen LogP contribution in [0.2, 0.25) is 0 Å². The Hall–Kier alpha value is -0.290. The molecule has 0 aromatic heterocycles. The number of likely N-dealkylation sites (tertiary alicyclic amines) is 1. The van der Waals surface area contributed by atoms with Gasteiger partial charge in [0, 0.05) is 0 Å². The standard InChI is InChI=1S/C12H22F3NO/c1-10(17)4-2-3-7-16-8-5-11(6-9-16)12(13,14)15/h10-11,17H,2-9H2,1H3. The van der Waals surface area contributed by atoms with Crippen molar-refractivity contribution in [2.75, 3.05) is 19.6 Å². The summed E-state index contributed by atoms with van der Waals surface area (Å²) >= 11 is 0. The Morgan fingerprint density at radius 1 is 1.24 bits per heavy atom. The van der Waals surface area contributed by atoms with Crippen LogP contribution >= 0.6 is 0 Å². The first kappa shape index (κ1) is 14.8. The summed E-state index contributed by atoms with van der Waals surface area (Å²) < 4.78 is 37.3. The molecule has 0 saturated carbocycles. The summed E-state index contributed by atoms with van der Waals surface area (Å²) in [6.07, 6.45) is -1.14. The Morgan fingerprint density at radius 3 is 2.29 bits per heavy atom. The highest BCUT2D eigenvalue weighted by molar-refractivity contribution is 4.76. The molecular weight excluding hydrogens is 231 g/mol. The van der Waals surface area contributed by atoms with Gasteiger partial charge in [0.1, 0.15) is 0 Å². The lowest BCUT2D eigenvalue weighted by atomic mass is 9.96. The lowest BCUT2D eigenvalue weighted by Crippen LogP contribution is -2.39. The highest BCUT2D eigenvalue weighted by atomic mass is 19.4. The van der Waals surface area contributed by atoms with Gasteiger partial charge >= 0.3 is 6.18 Å². The third-order valence-electron chi connectivity index (χ3n) is 3.40. The molecular formula is C12H22F3NO. The van der Waals surface area contributed by atoms with Gasteiger partial charge in [0.05, 0.1) is 12.0 Å². The first-order valence-electron chi connectivity index (χ1n) is 6.36. The largest absolute Gasteiger partial charge is 0.393 e. The van der Waals surface area contributed by atoms with Crippen molar-refractivity contribution in [3.05, 3.63) is 0 Å². The van der Waals surface area contributed by atoms with Gasteiger partial charge in [0.25, 0.3) is 0 Å². The van der Waals surface area contributed by atoms with E-state index in [1.807, 2.05) is 0 Å². The van der Waals surface area contributed by atoms with Crippen molar-refractivity contribution in [3.8, 4) is 0 Å². The number of nitrogens with zero attached hydrogens (tertiary/aromatic N) is 1. The number of hydrogen-bond acceptors (Lipinski definition) is 2. The number of hydrogen-bond donors (Lipinski definition) is 1. The van der Waals surface area contributed by atoms with Crippen LogP contribution in [0.15, 0.2) is 0 Å². The molecule has 1 fully saturated rings. The fourth-order valence-corrected chi connectivity index (χ4v) is 2.26. The molecule has 0 aromatic carbocycles. The molecule has 0 amide bonds. The molecule has 1 aliphatic heterocycles. The van der Waals surface area contributed by atoms with Crippen molar-refractivity contribution >= 4 is 0 Å². The molecule has 5 heteroatoms. The second kappa shape index (κ2) is 6.59. The quantitative estimate of drug-likeness (QED) is 0.762. The number of rotatable bonds is 5. The van der Waals surface area contributed by atoms with E-state index in [4.69, 9.17) is 5.11 Å². The molecule has 1 unspecified atom stereocenters. The monoisotopic (exact) mass is 253 g/mol. The zero-order chi connectivity index (χ0) is 12.9. The van der Waals surface area contributed by atoms with Crippen LogP contribution in [0.5, 0.6) is 0 Å². The van der Waals surface area contributed by atoms with Crippen molar-refractivity contribution in [2.45, 2.75) is 51.3 Å². The smallest absolute Gasteiger partial charge is 0.391 e. The third-order valence-corrected chi connectivity index (χ3v) is 3.40. The van der Waals surface area contributed by atoms with E-state index in [9.17, 15) is 13.2 Å². The van der Waals surface area contributed by atoms with Crippen LogP contribution in [0.1, 0.15) is 39.0 Å². The summed E-state index contributed by atoms with van der Waals surface area (Å²) in [6, 6.07) is 0. The van der Waals surface area contributed by atoms with Gasteiger partial charge in [0.15, 0.2) is 0 Å². The first-order chi connectivity index (χ1) is 7.89. The molecule has 1 heterocycles. The second-order valence-corrected chi connectivity index (χ2v) is 5.00. The van der Waals surface area contributed by atoms with Gasteiger partial charge < -0.3 is 10.0 Å². The van der Waals surface area contributed by atoms with Gasteiger partial charge in [-0.3, -0.25) is 0 Å². The van der Waals surface area contributed by atoms with Crippen LogP contribution in [0.3, 0.4) is 0 Å². The fourth-order valence-electron chi connectivity index (χ4n) is 2.26. The molecule has 2 nitrogen and oxygen atoms in total. The fraction of sp³-hybridized carbons (Fsp3) is 1.00. The molecule has 0 spiro atoms. The SMILES string of the molecule is CC(O)CCCCN1CCC(C(F)(F)F)CC1. The predicted molar refractivity (Wildman–Crippen MR) is 60.8 cm³/mol. The Labute approximate surface area is 101 Å². The lowest BCUT2D eigenvalue weighted by molar-refractivity contribution is -0.185. The van der Waals surface area contributed by atoms with Crippen molar-refractivity contribution < 1.29 is 18.3 Å². The Balaban J connectivity index is 2.11. The molecule has 1 atom stereocenters. The van der Waals surface area contributed by atoms with E-state index in [1.165, 1.54) is 0 Å². The lowest BCUT2D eigenvalue weighted by Gasteiger charge is -2.32. The molecule has 17 heavy (non-hydrogen) atoms. The number of alkyl halides is 3. The van der Waals surface area contributed by atoms with E-state index >= 15 is 0 Å². The van der Waals surface area contributed by atoms with Crippen LogP contribution in [0, 0.1) is 5.92 Å². The van der Waals surface area contributed by atoms with Crippen LogP contribution in [-0.2, 0) is 0 Å². The van der Waals surface area contributed by atoms with E-state index < -0.39 is 12.1 Å². The van der Waals surface area contributed by atoms with E-state index in [-0.39, 0.29) is 18.9 Å². The van der Waals surface area contributed by atoms with Crippen LogP contribution in [0.25, 0.3) is 0 Å². The maximum Gasteiger partial charge on any atom is 0.391 e.